The van der Waals surface area contributed by atoms with Crippen LogP contribution in [-0.2, 0) is 9.53 Å². The van der Waals surface area contributed by atoms with Crippen molar-refractivity contribution in [3.05, 3.63) is 12.2 Å². The molecule has 0 N–H and O–H groups in total. The molecular weight excluding hydrogens is 512 g/mol. The highest BCUT2D eigenvalue weighted by Crippen LogP contribution is 2.24. The Labute approximate surface area is 266 Å². The number of carbonyl (C=O) groups is 1. The maximum absolute atomic E-state index is 11.3. The van der Waals surface area contributed by atoms with Gasteiger partial charge in [-0.2, -0.15) is 0 Å². The lowest BCUT2D eigenvalue weighted by Crippen LogP contribution is -2.05. The Morgan fingerprint density at radius 1 is 0.452 bits per heavy atom. The van der Waals surface area contributed by atoms with E-state index in [0.717, 1.165) is 12.3 Å². The first-order valence-electron chi connectivity index (χ1n) is 19.4. The lowest BCUT2D eigenvalue weighted by Gasteiger charge is -2.17. The molecule has 250 valence electrons. The number of ether oxygens (including phenoxy) is 1. The van der Waals surface area contributed by atoms with Gasteiger partial charge in [-0.1, -0.05) is 219 Å². The van der Waals surface area contributed by atoms with Crippen LogP contribution in [0, 0.1) is 5.92 Å². The lowest BCUT2D eigenvalue weighted by atomic mass is 9.89. The Kier molecular flexibility index (Phi) is 34.0. The van der Waals surface area contributed by atoms with Gasteiger partial charge in [-0.05, 0) is 19.3 Å². The summed E-state index contributed by atoms with van der Waals surface area (Å²) in [5.74, 6) is 0.758. The van der Waals surface area contributed by atoms with E-state index < -0.39 is 0 Å². The van der Waals surface area contributed by atoms with Crippen molar-refractivity contribution in [1.29, 1.82) is 0 Å². The molecule has 0 aromatic heterocycles. The third-order valence-electron chi connectivity index (χ3n) is 9.27. The Hall–Kier alpha value is -0.790. The minimum atomic E-state index is -0.248. The van der Waals surface area contributed by atoms with Gasteiger partial charge in [0.15, 0.2) is 0 Å². The van der Waals surface area contributed by atoms with Gasteiger partial charge < -0.3 is 4.74 Å². The Morgan fingerprint density at radius 3 is 1.05 bits per heavy atom. The molecule has 0 spiro atoms. The summed E-state index contributed by atoms with van der Waals surface area (Å²) in [6.07, 6.45) is 45.4. The second-order valence-electron chi connectivity index (χ2n) is 13.7. The zero-order valence-corrected chi connectivity index (χ0v) is 29.4. The smallest absolute Gasteiger partial charge is 0.333 e. The first-order valence-corrected chi connectivity index (χ1v) is 19.4. The maximum atomic E-state index is 11.3. The van der Waals surface area contributed by atoms with Crippen LogP contribution < -0.4 is 0 Å². The van der Waals surface area contributed by atoms with Crippen molar-refractivity contribution in [3.8, 4) is 0 Å². The molecule has 0 aromatic carbocycles. The first kappa shape index (κ1) is 41.2. The molecule has 0 saturated carbocycles. The molecule has 0 aliphatic heterocycles. The topological polar surface area (TPSA) is 26.3 Å². The number of unbranched alkanes of at least 4 members (excludes halogenated alkanes) is 26. The summed E-state index contributed by atoms with van der Waals surface area (Å²) < 4.78 is 5.15. The minimum absolute atomic E-state index is 0.248. The zero-order chi connectivity index (χ0) is 30.8. The molecule has 0 fully saturated rings. The highest BCUT2D eigenvalue weighted by molar-refractivity contribution is 5.86. The minimum Gasteiger partial charge on any atom is -0.462 e. The first-order chi connectivity index (χ1) is 20.6. The summed E-state index contributed by atoms with van der Waals surface area (Å²) >= 11 is 0. The van der Waals surface area contributed by atoms with Gasteiger partial charge in [0.2, 0.25) is 0 Å². The zero-order valence-electron chi connectivity index (χ0n) is 29.4. The van der Waals surface area contributed by atoms with Crippen molar-refractivity contribution in [3.63, 3.8) is 0 Å². The summed E-state index contributed by atoms with van der Waals surface area (Å²) in [7, 11) is 0. The quantitative estimate of drug-likeness (QED) is 0.0417. The van der Waals surface area contributed by atoms with Crippen LogP contribution in [0.4, 0.5) is 0 Å². The molecule has 1 unspecified atom stereocenters. The fourth-order valence-electron chi connectivity index (χ4n) is 6.33. The van der Waals surface area contributed by atoms with Crippen LogP contribution in [0.1, 0.15) is 226 Å². The van der Waals surface area contributed by atoms with Gasteiger partial charge in [0.1, 0.15) is 0 Å². The molecule has 42 heavy (non-hydrogen) atoms. The van der Waals surface area contributed by atoms with Crippen molar-refractivity contribution < 1.29 is 9.53 Å². The van der Waals surface area contributed by atoms with Gasteiger partial charge in [0, 0.05) is 5.57 Å². The van der Waals surface area contributed by atoms with Gasteiger partial charge in [-0.15, -0.1) is 0 Å². The van der Waals surface area contributed by atoms with Crippen LogP contribution in [-0.4, -0.2) is 12.6 Å². The van der Waals surface area contributed by atoms with Gasteiger partial charge in [0.05, 0.1) is 6.61 Å². The van der Waals surface area contributed by atoms with E-state index in [1.54, 1.807) is 6.92 Å². The van der Waals surface area contributed by atoms with E-state index in [1.165, 1.54) is 199 Å². The monoisotopic (exact) mass is 591 g/mol. The van der Waals surface area contributed by atoms with Crippen molar-refractivity contribution >= 4 is 5.97 Å². The molecule has 0 bridgehead atoms. The average Bonchev–Trinajstić information content (AvgIpc) is 2.98. The molecule has 1 atom stereocenters. The third kappa shape index (κ3) is 32.1. The third-order valence-corrected chi connectivity index (χ3v) is 9.27. The average molecular weight is 591 g/mol. The molecular formula is C40H78O2. The van der Waals surface area contributed by atoms with Crippen LogP contribution in [0.15, 0.2) is 12.2 Å². The molecule has 2 heteroatoms. The predicted molar refractivity (Wildman–Crippen MR) is 188 cm³/mol. The molecule has 0 radical (unpaired) electrons. The predicted octanol–water partition coefficient (Wildman–Crippen LogP) is 14.2. The fraction of sp³-hybridized carbons (Fsp3) is 0.925. The Balaban J connectivity index is 3.57. The van der Waals surface area contributed by atoms with E-state index in [2.05, 4.69) is 20.4 Å². The standard InChI is InChI=1S/C40H78O2/c1-5-7-9-10-11-12-13-14-15-18-21-24-27-31-35-39(34-30-8-6-2)36-32-28-25-22-19-16-17-20-23-26-29-33-37-42-40(41)38(3)4/h39H,3,5-37H2,1-2,4H3. The molecule has 0 amide bonds. The number of carbonyl (C=O) groups excluding carboxylic acids is 1. The van der Waals surface area contributed by atoms with Crippen molar-refractivity contribution in [2.75, 3.05) is 6.61 Å². The van der Waals surface area contributed by atoms with Crippen LogP contribution in [0.25, 0.3) is 0 Å². The second-order valence-corrected chi connectivity index (χ2v) is 13.7. The maximum Gasteiger partial charge on any atom is 0.333 e. The normalized spacial score (nSPS) is 12.1. The molecule has 0 aromatic rings. The van der Waals surface area contributed by atoms with Gasteiger partial charge in [0.25, 0.3) is 0 Å². The fourth-order valence-corrected chi connectivity index (χ4v) is 6.33. The van der Waals surface area contributed by atoms with Crippen LogP contribution in [0.3, 0.4) is 0 Å². The summed E-state index contributed by atoms with van der Waals surface area (Å²) in [6, 6.07) is 0. The SMILES string of the molecule is C=C(C)C(=O)OCCCCCCCCCCCCCCC(CCCCC)CCCCCCCCCCCCCCCC. The van der Waals surface area contributed by atoms with Gasteiger partial charge in [-0.3, -0.25) is 0 Å². The Morgan fingerprint density at radius 2 is 0.714 bits per heavy atom. The summed E-state index contributed by atoms with van der Waals surface area (Å²) in [4.78, 5) is 11.3. The van der Waals surface area contributed by atoms with Crippen LogP contribution in [0.5, 0.6) is 0 Å². The van der Waals surface area contributed by atoms with E-state index in [-0.39, 0.29) is 5.97 Å². The van der Waals surface area contributed by atoms with E-state index in [9.17, 15) is 4.79 Å². The molecule has 2 nitrogen and oxygen atoms in total. The molecule has 0 aliphatic rings. The van der Waals surface area contributed by atoms with Crippen molar-refractivity contribution in [2.24, 2.45) is 5.92 Å². The van der Waals surface area contributed by atoms with Crippen LogP contribution in [0.2, 0.25) is 0 Å². The number of hydrogen-bond donors (Lipinski definition) is 0. The highest BCUT2D eigenvalue weighted by atomic mass is 16.5. The van der Waals surface area contributed by atoms with Gasteiger partial charge in [-0.25, -0.2) is 4.79 Å². The highest BCUT2D eigenvalue weighted by Gasteiger charge is 2.08. The molecule has 0 aliphatic carbocycles. The van der Waals surface area contributed by atoms with Crippen molar-refractivity contribution in [1.82, 2.24) is 0 Å². The molecule has 0 rings (SSSR count). The lowest BCUT2D eigenvalue weighted by molar-refractivity contribution is -0.139. The Bertz CT molecular complexity index is 554. The van der Waals surface area contributed by atoms with E-state index >= 15 is 0 Å². The summed E-state index contributed by atoms with van der Waals surface area (Å²) in [5.41, 5.74) is 0.497. The summed E-state index contributed by atoms with van der Waals surface area (Å²) in [5, 5.41) is 0. The van der Waals surface area contributed by atoms with E-state index in [0.29, 0.717) is 12.2 Å². The number of rotatable bonds is 35. The number of hydrogen-bond acceptors (Lipinski definition) is 2. The molecule has 0 heterocycles. The van der Waals surface area contributed by atoms with E-state index in [1.807, 2.05) is 0 Å². The van der Waals surface area contributed by atoms with Crippen molar-refractivity contribution in [2.45, 2.75) is 226 Å². The molecule has 0 saturated heterocycles. The van der Waals surface area contributed by atoms with Crippen LogP contribution >= 0.6 is 0 Å². The van der Waals surface area contributed by atoms with Gasteiger partial charge >= 0.3 is 5.97 Å². The van der Waals surface area contributed by atoms with E-state index in [4.69, 9.17) is 4.74 Å². The number of esters is 1. The second kappa shape index (κ2) is 34.7. The summed E-state index contributed by atoms with van der Waals surface area (Å²) in [6.45, 7) is 10.5. The largest absolute Gasteiger partial charge is 0.462 e.